The molecule has 170 valence electrons. The first-order valence-electron chi connectivity index (χ1n) is 10.8. The first-order chi connectivity index (χ1) is 14.7. The second-order valence-electron chi connectivity index (χ2n) is 7.98. The molecule has 2 rings (SSSR count). The molecule has 31 heavy (non-hydrogen) atoms. The number of amides is 1. The summed E-state index contributed by atoms with van der Waals surface area (Å²) in [5, 5.41) is 3.45. The maximum atomic E-state index is 13.5. The second-order valence-corrected chi connectivity index (χ2v) is 10.3. The molecule has 7 heteroatoms. The van der Waals surface area contributed by atoms with Gasteiger partial charge in [0.05, 0.1) is 10.6 Å². The minimum Gasteiger partial charge on any atom is -0.354 e. The molecule has 0 bridgehead atoms. The Morgan fingerprint density at radius 2 is 1.77 bits per heavy atom. The highest BCUT2D eigenvalue weighted by Crippen LogP contribution is 2.29. The molecule has 0 spiro atoms. The van der Waals surface area contributed by atoms with E-state index >= 15 is 0 Å². The maximum Gasteiger partial charge on any atom is 0.264 e. The lowest BCUT2D eigenvalue weighted by Crippen LogP contribution is -2.42. The average Bonchev–Trinajstić information content (AvgIpc) is 2.73. The van der Waals surface area contributed by atoms with Crippen molar-refractivity contribution in [2.75, 3.05) is 17.4 Å². The summed E-state index contributed by atoms with van der Waals surface area (Å²) in [5.41, 5.74) is 2.09. The van der Waals surface area contributed by atoms with Gasteiger partial charge in [0.2, 0.25) is 5.91 Å². The number of nitrogens with one attached hydrogen (secondary N) is 1. The smallest absolute Gasteiger partial charge is 0.264 e. The summed E-state index contributed by atoms with van der Waals surface area (Å²) in [7, 11) is -3.93. The van der Waals surface area contributed by atoms with Gasteiger partial charge >= 0.3 is 0 Å². The SMILES string of the molecule is CCCC[C@H](CC)CNC(=O)CN(c1ccc(Cl)cc1C)S(=O)(=O)c1ccc(C)cc1. The number of aryl methyl sites for hydroxylation is 2. The van der Waals surface area contributed by atoms with Crippen molar-refractivity contribution in [1.82, 2.24) is 5.32 Å². The van der Waals surface area contributed by atoms with Crippen LogP contribution >= 0.6 is 11.6 Å². The number of halogens is 1. The number of sulfonamides is 1. The van der Waals surface area contributed by atoms with Gasteiger partial charge < -0.3 is 5.32 Å². The molecule has 0 heterocycles. The van der Waals surface area contributed by atoms with Gasteiger partial charge in [-0.3, -0.25) is 9.10 Å². The van der Waals surface area contributed by atoms with Gasteiger partial charge in [-0.15, -0.1) is 0 Å². The number of benzene rings is 2. The minimum absolute atomic E-state index is 0.148. The van der Waals surface area contributed by atoms with Gasteiger partial charge in [-0.2, -0.15) is 0 Å². The number of hydrogen-bond donors (Lipinski definition) is 1. The molecule has 0 radical (unpaired) electrons. The normalized spacial score (nSPS) is 12.4. The van der Waals surface area contributed by atoms with Crippen LogP contribution in [0, 0.1) is 19.8 Å². The number of rotatable bonds is 11. The van der Waals surface area contributed by atoms with E-state index in [4.69, 9.17) is 11.6 Å². The molecule has 0 aliphatic heterocycles. The maximum absolute atomic E-state index is 13.5. The third kappa shape index (κ3) is 6.97. The molecule has 2 aromatic rings. The molecule has 0 aromatic heterocycles. The zero-order valence-electron chi connectivity index (χ0n) is 18.8. The zero-order chi connectivity index (χ0) is 23.0. The fraction of sp³-hybridized carbons (Fsp3) is 0.458. The molecule has 5 nitrogen and oxygen atoms in total. The van der Waals surface area contributed by atoms with Crippen molar-refractivity contribution in [2.45, 2.75) is 58.3 Å². The van der Waals surface area contributed by atoms with E-state index in [1.54, 1.807) is 49.4 Å². The van der Waals surface area contributed by atoms with E-state index in [0.29, 0.717) is 28.7 Å². The number of carbonyl (C=O) groups is 1. The van der Waals surface area contributed by atoms with E-state index in [9.17, 15) is 13.2 Å². The van der Waals surface area contributed by atoms with E-state index < -0.39 is 10.0 Å². The Hall–Kier alpha value is -2.05. The van der Waals surface area contributed by atoms with Crippen molar-refractivity contribution in [2.24, 2.45) is 5.92 Å². The highest BCUT2D eigenvalue weighted by atomic mass is 35.5. The topological polar surface area (TPSA) is 66.5 Å². The largest absolute Gasteiger partial charge is 0.354 e. The minimum atomic E-state index is -3.93. The molecular weight excluding hydrogens is 432 g/mol. The van der Waals surface area contributed by atoms with E-state index in [0.717, 1.165) is 31.2 Å². The highest BCUT2D eigenvalue weighted by Gasteiger charge is 2.28. The van der Waals surface area contributed by atoms with Crippen LogP contribution in [0.2, 0.25) is 5.02 Å². The Kier molecular flexibility index (Phi) is 9.38. The molecule has 1 N–H and O–H groups in total. The monoisotopic (exact) mass is 464 g/mol. The molecule has 0 fully saturated rings. The Bertz CT molecular complexity index is 975. The van der Waals surface area contributed by atoms with Crippen LogP contribution in [0.4, 0.5) is 5.69 Å². The van der Waals surface area contributed by atoms with Crippen molar-refractivity contribution in [3.8, 4) is 0 Å². The quantitative estimate of drug-likeness (QED) is 0.478. The van der Waals surface area contributed by atoms with E-state index in [1.165, 1.54) is 4.31 Å². The van der Waals surface area contributed by atoms with Crippen molar-refractivity contribution >= 4 is 33.2 Å². The van der Waals surface area contributed by atoms with Crippen LogP contribution in [-0.4, -0.2) is 27.4 Å². The van der Waals surface area contributed by atoms with Gasteiger partial charge in [0, 0.05) is 11.6 Å². The lowest BCUT2D eigenvalue weighted by Gasteiger charge is -2.26. The Labute approximate surface area is 191 Å². The van der Waals surface area contributed by atoms with Gasteiger partial charge in [0.25, 0.3) is 10.0 Å². The average molecular weight is 465 g/mol. The molecule has 0 aliphatic carbocycles. The van der Waals surface area contributed by atoms with Crippen LogP contribution in [-0.2, 0) is 14.8 Å². The fourth-order valence-electron chi connectivity index (χ4n) is 3.42. The van der Waals surface area contributed by atoms with Gasteiger partial charge in [-0.1, -0.05) is 62.4 Å². The van der Waals surface area contributed by atoms with E-state index in [1.807, 2.05) is 6.92 Å². The fourth-order valence-corrected chi connectivity index (χ4v) is 5.14. The molecule has 1 atom stereocenters. The number of nitrogens with zero attached hydrogens (tertiary/aromatic N) is 1. The number of hydrogen-bond acceptors (Lipinski definition) is 3. The van der Waals surface area contributed by atoms with Gasteiger partial charge in [0.15, 0.2) is 0 Å². The van der Waals surface area contributed by atoms with Crippen LogP contribution in [0.5, 0.6) is 0 Å². The molecule has 2 aromatic carbocycles. The summed E-state index contributed by atoms with van der Waals surface area (Å²) in [4.78, 5) is 12.9. The summed E-state index contributed by atoms with van der Waals surface area (Å²) in [6.07, 6.45) is 4.26. The summed E-state index contributed by atoms with van der Waals surface area (Å²) in [6, 6.07) is 11.6. The van der Waals surface area contributed by atoms with Crippen LogP contribution in [0.1, 0.15) is 50.7 Å². The Morgan fingerprint density at radius 1 is 1.10 bits per heavy atom. The Morgan fingerprint density at radius 3 is 2.35 bits per heavy atom. The third-order valence-electron chi connectivity index (χ3n) is 5.45. The van der Waals surface area contributed by atoms with Crippen molar-refractivity contribution in [3.63, 3.8) is 0 Å². The van der Waals surface area contributed by atoms with Crippen molar-refractivity contribution in [1.29, 1.82) is 0 Å². The summed E-state index contributed by atoms with van der Waals surface area (Å²) in [5.74, 6) is 0.0725. The molecule has 0 saturated carbocycles. The lowest BCUT2D eigenvalue weighted by atomic mass is 9.99. The molecule has 1 amide bonds. The van der Waals surface area contributed by atoms with Crippen LogP contribution < -0.4 is 9.62 Å². The Balaban J connectivity index is 2.30. The van der Waals surface area contributed by atoms with Gasteiger partial charge in [-0.05, 0) is 62.1 Å². The summed E-state index contributed by atoms with van der Waals surface area (Å²) < 4.78 is 28.1. The number of anilines is 1. The molecule has 0 saturated heterocycles. The molecular formula is C24H33ClN2O3S. The predicted molar refractivity (Wildman–Crippen MR) is 128 cm³/mol. The number of carbonyl (C=O) groups excluding carboxylic acids is 1. The van der Waals surface area contributed by atoms with Crippen molar-refractivity contribution < 1.29 is 13.2 Å². The standard InChI is InChI=1S/C24H33ClN2O3S/c1-5-7-8-20(6-2)16-26-24(28)17-27(23-14-11-21(25)15-19(23)4)31(29,30)22-12-9-18(3)10-13-22/h9-15,20H,5-8,16-17H2,1-4H3,(H,26,28)/t20-/m0/s1. The summed E-state index contributed by atoms with van der Waals surface area (Å²) >= 11 is 6.07. The van der Waals surface area contributed by atoms with E-state index in [-0.39, 0.29) is 17.3 Å². The van der Waals surface area contributed by atoms with Crippen LogP contribution in [0.15, 0.2) is 47.4 Å². The summed E-state index contributed by atoms with van der Waals surface area (Å²) in [6.45, 7) is 8.20. The predicted octanol–water partition coefficient (Wildman–Crippen LogP) is 5.48. The second kappa shape index (κ2) is 11.5. The lowest BCUT2D eigenvalue weighted by molar-refractivity contribution is -0.119. The van der Waals surface area contributed by atoms with Gasteiger partial charge in [0.1, 0.15) is 6.54 Å². The van der Waals surface area contributed by atoms with Gasteiger partial charge in [-0.25, -0.2) is 8.42 Å². The first kappa shape index (κ1) is 25.2. The molecule has 0 unspecified atom stereocenters. The molecule has 0 aliphatic rings. The highest BCUT2D eigenvalue weighted by molar-refractivity contribution is 7.92. The first-order valence-corrected chi connectivity index (χ1v) is 12.6. The third-order valence-corrected chi connectivity index (χ3v) is 7.46. The van der Waals surface area contributed by atoms with E-state index in [2.05, 4.69) is 19.2 Å². The zero-order valence-corrected chi connectivity index (χ0v) is 20.4. The number of unbranched alkanes of at least 4 members (excludes halogenated alkanes) is 1. The van der Waals surface area contributed by atoms with Crippen molar-refractivity contribution in [3.05, 3.63) is 58.6 Å². The van der Waals surface area contributed by atoms with Crippen LogP contribution in [0.25, 0.3) is 0 Å². The van der Waals surface area contributed by atoms with Crippen LogP contribution in [0.3, 0.4) is 0 Å².